The number of benzene rings is 1. The molecule has 4 heteroatoms. The lowest BCUT2D eigenvalue weighted by Gasteiger charge is -2.46. The van der Waals surface area contributed by atoms with Crippen molar-refractivity contribution in [2.24, 2.45) is 5.41 Å². The summed E-state index contributed by atoms with van der Waals surface area (Å²) in [6.45, 7) is 4.76. The molecule has 0 aliphatic carbocycles. The molecule has 2 aliphatic rings. The minimum absolute atomic E-state index is 0.0240. The third-order valence-corrected chi connectivity index (χ3v) is 4.88. The molecule has 2 aliphatic heterocycles. The summed E-state index contributed by atoms with van der Waals surface area (Å²) in [5, 5.41) is 9.60. The number of rotatable bonds is 5. The molecule has 1 aromatic rings. The highest BCUT2D eigenvalue weighted by Crippen LogP contribution is 2.30. The van der Waals surface area contributed by atoms with Crippen molar-refractivity contribution in [2.75, 3.05) is 51.4 Å². The predicted molar refractivity (Wildman–Crippen MR) is 84.6 cm³/mol. The Labute approximate surface area is 127 Å². The Kier molecular flexibility index (Phi) is 4.48. The Bertz CT molecular complexity index is 442. The highest BCUT2D eigenvalue weighted by molar-refractivity contribution is 5.46. The predicted octanol–water partition coefficient (Wildman–Crippen LogP) is 1.60. The Morgan fingerprint density at radius 2 is 2.10 bits per heavy atom. The number of anilines is 1. The molecule has 2 saturated heterocycles. The number of aliphatic hydroxyl groups is 1. The third-order valence-electron chi connectivity index (χ3n) is 4.88. The number of nitrogens with zero attached hydrogens (tertiary/aromatic N) is 2. The molecule has 21 heavy (non-hydrogen) atoms. The summed E-state index contributed by atoms with van der Waals surface area (Å²) in [5.74, 6) is 0. The molecule has 2 fully saturated rings. The van der Waals surface area contributed by atoms with Gasteiger partial charge in [0.25, 0.3) is 0 Å². The molecule has 1 atom stereocenters. The topological polar surface area (TPSA) is 35.9 Å². The number of piperidine rings is 1. The summed E-state index contributed by atoms with van der Waals surface area (Å²) in [4.78, 5) is 4.90. The van der Waals surface area contributed by atoms with Gasteiger partial charge >= 0.3 is 0 Å². The van der Waals surface area contributed by atoms with E-state index in [1.807, 2.05) is 0 Å². The lowest BCUT2D eigenvalue weighted by molar-refractivity contribution is -0.149. The van der Waals surface area contributed by atoms with Crippen molar-refractivity contribution in [3.63, 3.8) is 0 Å². The van der Waals surface area contributed by atoms with E-state index in [2.05, 4.69) is 47.2 Å². The highest BCUT2D eigenvalue weighted by Gasteiger charge is 2.40. The number of ether oxygens (including phenoxy) is 1. The van der Waals surface area contributed by atoms with Gasteiger partial charge in [-0.05, 0) is 32.0 Å². The van der Waals surface area contributed by atoms with Crippen molar-refractivity contribution in [1.82, 2.24) is 4.90 Å². The van der Waals surface area contributed by atoms with Gasteiger partial charge in [0.1, 0.15) is 0 Å². The number of hydrogen-bond donors (Lipinski definition) is 1. The van der Waals surface area contributed by atoms with E-state index in [0.29, 0.717) is 19.3 Å². The first-order valence-electron chi connectivity index (χ1n) is 7.91. The number of likely N-dealkylation sites (N-methyl/N-ethyl adjacent to an activating group) is 1. The fraction of sp³-hybridized carbons (Fsp3) is 0.647. The van der Waals surface area contributed by atoms with Gasteiger partial charge in [-0.1, -0.05) is 18.2 Å². The van der Waals surface area contributed by atoms with Gasteiger partial charge in [-0.25, -0.2) is 0 Å². The largest absolute Gasteiger partial charge is 0.396 e. The monoisotopic (exact) mass is 290 g/mol. The van der Waals surface area contributed by atoms with Gasteiger partial charge < -0.3 is 19.6 Å². The molecule has 2 heterocycles. The average molecular weight is 290 g/mol. The minimum atomic E-state index is -0.0240. The molecule has 1 unspecified atom stereocenters. The van der Waals surface area contributed by atoms with E-state index in [4.69, 9.17) is 4.74 Å². The maximum Gasteiger partial charge on any atom is 0.0579 e. The van der Waals surface area contributed by atoms with Gasteiger partial charge in [-0.15, -0.1) is 0 Å². The van der Waals surface area contributed by atoms with Crippen LogP contribution in [0.3, 0.4) is 0 Å². The van der Waals surface area contributed by atoms with Crippen LogP contribution in [0.2, 0.25) is 0 Å². The molecular formula is C17H26N2O2. The Hall–Kier alpha value is -1.10. The van der Waals surface area contributed by atoms with Crippen LogP contribution >= 0.6 is 0 Å². The van der Waals surface area contributed by atoms with E-state index in [0.717, 1.165) is 19.6 Å². The standard InChI is InChI=1S/C17H26N2O2/c1-18(11-17(12-20)13-21-14-17)16-8-5-9-19(10-16)15-6-3-2-4-7-15/h2-4,6-7,16,20H,5,8-14H2,1H3. The molecule has 0 bridgehead atoms. The van der Waals surface area contributed by atoms with Crippen molar-refractivity contribution < 1.29 is 9.84 Å². The lowest BCUT2D eigenvalue weighted by Crippen LogP contribution is -2.56. The molecule has 4 nitrogen and oxygen atoms in total. The van der Waals surface area contributed by atoms with Crippen LogP contribution in [0.4, 0.5) is 5.69 Å². The Balaban J connectivity index is 1.60. The molecule has 3 rings (SSSR count). The van der Waals surface area contributed by atoms with Crippen molar-refractivity contribution in [1.29, 1.82) is 0 Å². The van der Waals surface area contributed by atoms with Crippen molar-refractivity contribution in [2.45, 2.75) is 18.9 Å². The second-order valence-electron chi connectivity index (χ2n) is 6.64. The lowest BCUT2D eigenvalue weighted by atomic mass is 9.85. The van der Waals surface area contributed by atoms with Gasteiger partial charge in [-0.2, -0.15) is 0 Å². The maximum absolute atomic E-state index is 9.60. The summed E-state index contributed by atoms with van der Waals surface area (Å²) in [6.07, 6.45) is 2.47. The number of aliphatic hydroxyl groups excluding tert-OH is 1. The first kappa shape index (κ1) is 14.8. The number of para-hydroxylation sites is 1. The summed E-state index contributed by atoms with van der Waals surface area (Å²) in [7, 11) is 2.19. The zero-order valence-corrected chi connectivity index (χ0v) is 12.9. The van der Waals surface area contributed by atoms with Crippen LogP contribution in [0.1, 0.15) is 12.8 Å². The highest BCUT2D eigenvalue weighted by atomic mass is 16.5. The third kappa shape index (κ3) is 3.23. The van der Waals surface area contributed by atoms with Crippen LogP contribution in [-0.2, 0) is 4.74 Å². The second-order valence-corrected chi connectivity index (χ2v) is 6.64. The van der Waals surface area contributed by atoms with E-state index < -0.39 is 0 Å². The van der Waals surface area contributed by atoms with Crippen LogP contribution in [0.5, 0.6) is 0 Å². The van der Waals surface area contributed by atoms with Crippen LogP contribution in [0, 0.1) is 5.41 Å². The van der Waals surface area contributed by atoms with E-state index in [-0.39, 0.29) is 12.0 Å². The van der Waals surface area contributed by atoms with Gasteiger partial charge in [0.15, 0.2) is 0 Å². The Morgan fingerprint density at radius 3 is 2.71 bits per heavy atom. The molecule has 1 aromatic carbocycles. The SMILES string of the molecule is CN(CC1(CO)COC1)C1CCCN(c2ccccc2)C1. The minimum Gasteiger partial charge on any atom is -0.396 e. The molecule has 1 N–H and O–H groups in total. The quantitative estimate of drug-likeness (QED) is 0.893. The summed E-state index contributed by atoms with van der Waals surface area (Å²) in [6, 6.07) is 11.2. The zero-order valence-electron chi connectivity index (χ0n) is 12.9. The van der Waals surface area contributed by atoms with E-state index in [9.17, 15) is 5.11 Å². The summed E-state index contributed by atoms with van der Waals surface area (Å²) in [5.41, 5.74) is 1.29. The molecule has 0 amide bonds. The maximum atomic E-state index is 9.60. The van der Waals surface area contributed by atoms with Gasteiger partial charge in [-0.3, -0.25) is 0 Å². The van der Waals surface area contributed by atoms with Gasteiger partial charge in [0.05, 0.1) is 25.2 Å². The van der Waals surface area contributed by atoms with E-state index in [1.165, 1.54) is 18.5 Å². The molecule has 0 radical (unpaired) electrons. The summed E-state index contributed by atoms with van der Waals surface area (Å²) < 4.78 is 5.31. The van der Waals surface area contributed by atoms with Crippen molar-refractivity contribution in [3.8, 4) is 0 Å². The van der Waals surface area contributed by atoms with Gasteiger partial charge in [0, 0.05) is 31.4 Å². The first-order chi connectivity index (χ1) is 10.2. The smallest absolute Gasteiger partial charge is 0.0579 e. The first-order valence-corrected chi connectivity index (χ1v) is 7.91. The van der Waals surface area contributed by atoms with Crippen molar-refractivity contribution >= 4 is 5.69 Å². The molecule has 0 spiro atoms. The summed E-state index contributed by atoms with van der Waals surface area (Å²) >= 11 is 0. The number of hydrogen-bond acceptors (Lipinski definition) is 4. The van der Waals surface area contributed by atoms with E-state index in [1.54, 1.807) is 0 Å². The van der Waals surface area contributed by atoms with Crippen molar-refractivity contribution in [3.05, 3.63) is 30.3 Å². The Morgan fingerprint density at radius 1 is 1.33 bits per heavy atom. The van der Waals surface area contributed by atoms with Gasteiger partial charge in [0.2, 0.25) is 0 Å². The zero-order chi connectivity index (χ0) is 14.7. The fourth-order valence-corrected chi connectivity index (χ4v) is 3.47. The normalized spacial score (nSPS) is 24.9. The van der Waals surface area contributed by atoms with Crippen LogP contribution in [0.25, 0.3) is 0 Å². The molecular weight excluding hydrogens is 264 g/mol. The van der Waals surface area contributed by atoms with Crippen LogP contribution in [-0.4, -0.2) is 62.6 Å². The van der Waals surface area contributed by atoms with E-state index >= 15 is 0 Å². The second kappa shape index (κ2) is 6.34. The van der Waals surface area contributed by atoms with Crippen LogP contribution in [0.15, 0.2) is 30.3 Å². The molecule has 116 valence electrons. The average Bonchev–Trinajstić information content (AvgIpc) is 2.52. The fourth-order valence-electron chi connectivity index (χ4n) is 3.47. The molecule has 0 saturated carbocycles. The molecule has 0 aromatic heterocycles. The van der Waals surface area contributed by atoms with Crippen LogP contribution < -0.4 is 4.90 Å².